The zero-order chi connectivity index (χ0) is 16.2. The van der Waals surface area contributed by atoms with E-state index in [0.717, 1.165) is 34.9 Å². The molecule has 2 aromatic carbocycles. The number of hydrogen-bond acceptors (Lipinski definition) is 3. The van der Waals surface area contributed by atoms with Gasteiger partial charge >= 0.3 is 0 Å². The predicted molar refractivity (Wildman–Crippen MR) is 96.1 cm³/mol. The highest BCUT2D eigenvalue weighted by Gasteiger charge is 2.25. The first-order valence-corrected chi connectivity index (χ1v) is 8.73. The van der Waals surface area contributed by atoms with Crippen molar-refractivity contribution in [1.29, 1.82) is 0 Å². The van der Waals surface area contributed by atoms with E-state index in [4.69, 9.17) is 21.1 Å². The first kappa shape index (κ1) is 16.8. The van der Waals surface area contributed by atoms with E-state index in [1.807, 2.05) is 24.3 Å². The molecule has 1 saturated heterocycles. The highest BCUT2D eigenvalue weighted by molar-refractivity contribution is 9.10. The molecule has 5 heteroatoms. The summed E-state index contributed by atoms with van der Waals surface area (Å²) < 4.78 is 11.9. The summed E-state index contributed by atoms with van der Waals surface area (Å²) in [6.07, 6.45) is 0. The molecule has 1 fully saturated rings. The van der Waals surface area contributed by atoms with E-state index in [1.165, 1.54) is 11.1 Å². The van der Waals surface area contributed by atoms with Crippen LogP contribution in [0.25, 0.3) is 0 Å². The minimum absolute atomic E-state index is 0.209. The van der Waals surface area contributed by atoms with Crippen molar-refractivity contribution in [3.8, 4) is 5.75 Å². The summed E-state index contributed by atoms with van der Waals surface area (Å²) in [6.45, 7) is 3.22. The third-order valence-corrected chi connectivity index (χ3v) is 4.73. The van der Waals surface area contributed by atoms with Crippen LogP contribution in [0.2, 0.25) is 5.02 Å². The van der Waals surface area contributed by atoms with E-state index < -0.39 is 0 Å². The molecule has 0 radical (unpaired) electrons. The second kappa shape index (κ2) is 7.67. The molecule has 0 unspecified atom stereocenters. The Hall–Kier alpha value is -1.07. The van der Waals surface area contributed by atoms with Crippen LogP contribution in [0.3, 0.4) is 0 Å². The van der Waals surface area contributed by atoms with Crippen molar-refractivity contribution in [1.82, 2.24) is 4.90 Å². The van der Waals surface area contributed by atoms with Gasteiger partial charge in [-0.2, -0.15) is 0 Å². The molecule has 2 aromatic rings. The average molecular weight is 397 g/mol. The Morgan fingerprint density at radius 2 is 2.04 bits per heavy atom. The molecule has 0 bridgehead atoms. The number of morpholine rings is 1. The van der Waals surface area contributed by atoms with E-state index in [2.05, 4.69) is 39.0 Å². The molecular weight excluding hydrogens is 378 g/mol. The molecule has 1 atom stereocenters. The number of methoxy groups -OCH3 is 1. The molecule has 0 aromatic heterocycles. The Bertz CT molecular complexity index is 642. The Kier molecular flexibility index (Phi) is 5.59. The third kappa shape index (κ3) is 4.27. The predicted octanol–water partition coefficient (Wildman–Crippen LogP) is 4.68. The lowest BCUT2D eigenvalue weighted by Crippen LogP contribution is -2.39. The molecule has 0 aliphatic carbocycles. The van der Waals surface area contributed by atoms with Gasteiger partial charge in [0.05, 0.1) is 26.4 Å². The van der Waals surface area contributed by atoms with Gasteiger partial charge in [0.1, 0.15) is 5.75 Å². The third-order valence-electron chi connectivity index (χ3n) is 4.05. The lowest BCUT2D eigenvalue weighted by molar-refractivity contribution is -0.0127. The normalized spacial score (nSPS) is 18.8. The van der Waals surface area contributed by atoms with Crippen LogP contribution in [-0.2, 0) is 11.3 Å². The van der Waals surface area contributed by atoms with E-state index in [-0.39, 0.29) is 6.04 Å². The van der Waals surface area contributed by atoms with Crippen LogP contribution in [0.5, 0.6) is 5.75 Å². The topological polar surface area (TPSA) is 21.7 Å². The van der Waals surface area contributed by atoms with Gasteiger partial charge in [-0.15, -0.1) is 0 Å². The average Bonchev–Trinajstić information content (AvgIpc) is 2.55. The molecule has 0 amide bonds. The summed E-state index contributed by atoms with van der Waals surface area (Å²) in [7, 11) is 1.68. The van der Waals surface area contributed by atoms with Crippen molar-refractivity contribution >= 4 is 27.5 Å². The zero-order valence-electron chi connectivity index (χ0n) is 13.0. The van der Waals surface area contributed by atoms with Crippen molar-refractivity contribution in [3.63, 3.8) is 0 Å². The fourth-order valence-corrected chi connectivity index (χ4v) is 3.75. The molecule has 1 aliphatic rings. The van der Waals surface area contributed by atoms with Gasteiger partial charge < -0.3 is 9.47 Å². The SMILES string of the molecule is COc1ccc(CN2CCOC[C@H]2c2cc(Cl)cc(Br)c2)cc1. The van der Waals surface area contributed by atoms with Gasteiger partial charge in [0.2, 0.25) is 0 Å². The summed E-state index contributed by atoms with van der Waals surface area (Å²) in [5.41, 5.74) is 2.44. The van der Waals surface area contributed by atoms with E-state index >= 15 is 0 Å². The number of hydrogen-bond donors (Lipinski definition) is 0. The van der Waals surface area contributed by atoms with Gasteiger partial charge in [-0.05, 0) is 41.5 Å². The van der Waals surface area contributed by atoms with Crippen LogP contribution in [-0.4, -0.2) is 31.8 Å². The van der Waals surface area contributed by atoms with Crippen LogP contribution in [0.1, 0.15) is 17.2 Å². The number of benzene rings is 2. The molecule has 122 valence electrons. The molecule has 0 spiro atoms. The second-order valence-electron chi connectivity index (χ2n) is 5.61. The lowest BCUT2D eigenvalue weighted by atomic mass is 10.0. The molecule has 23 heavy (non-hydrogen) atoms. The van der Waals surface area contributed by atoms with Crippen LogP contribution in [0.15, 0.2) is 46.9 Å². The maximum absolute atomic E-state index is 6.21. The Balaban J connectivity index is 1.80. The molecule has 0 saturated carbocycles. The van der Waals surface area contributed by atoms with Gasteiger partial charge in [-0.1, -0.05) is 39.7 Å². The molecular formula is C18H19BrClNO2. The summed E-state index contributed by atoms with van der Waals surface area (Å²) in [5, 5.41) is 0.740. The van der Waals surface area contributed by atoms with Gasteiger partial charge in [-0.3, -0.25) is 4.90 Å². The van der Waals surface area contributed by atoms with Crippen molar-refractivity contribution in [2.45, 2.75) is 12.6 Å². The van der Waals surface area contributed by atoms with Crippen LogP contribution >= 0.6 is 27.5 Å². The number of halogens is 2. The number of rotatable bonds is 4. The largest absolute Gasteiger partial charge is 0.497 e. The Labute approximate surface area is 150 Å². The maximum Gasteiger partial charge on any atom is 0.118 e. The Morgan fingerprint density at radius 3 is 2.74 bits per heavy atom. The van der Waals surface area contributed by atoms with E-state index in [0.29, 0.717) is 6.61 Å². The van der Waals surface area contributed by atoms with Gasteiger partial charge in [0.15, 0.2) is 0 Å². The summed E-state index contributed by atoms with van der Waals surface area (Å²) in [6, 6.07) is 14.5. The maximum atomic E-state index is 6.21. The number of nitrogens with zero attached hydrogens (tertiary/aromatic N) is 1. The number of ether oxygens (including phenoxy) is 2. The first-order chi connectivity index (χ1) is 11.2. The van der Waals surface area contributed by atoms with Crippen molar-refractivity contribution < 1.29 is 9.47 Å². The molecule has 3 nitrogen and oxygen atoms in total. The quantitative estimate of drug-likeness (QED) is 0.748. The fourth-order valence-electron chi connectivity index (χ4n) is 2.87. The summed E-state index contributed by atoms with van der Waals surface area (Å²) >= 11 is 9.73. The minimum atomic E-state index is 0.209. The van der Waals surface area contributed by atoms with E-state index in [9.17, 15) is 0 Å². The van der Waals surface area contributed by atoms with Crippen molar-refractivity contribution in [2.75, 3.05) is 26.9 Å². The van der Waals surface area contributed by atoms with Crippen LogP contribution < -0.4 is 4.74 Å². The molecule has 1 heterocycles. The second-order valence-corrected chi connectivity index (χ2v) is 6.96. The first-order valence-electron chi connectivity index (χ1n) is 7.56. The van der Waals surface area contributed by atoms with Gasteiger partial charge in [0, 0.05) is 22.6 Å². The van der Waals surface area contributed by atoms with Gasteiger partial charge in [0.25, 0.3) is 0 Å². The molecule has 0 N–H and O–H groups in total. The van der Waals surface area contributed by atoms with E-state index in [1.54, 1.807) is 7.11 Å². The summed E-state index contributed by atoms with van der Waals surface area (Å²) in [4.78, 5) is 2.43. The fraction of sp³-hybridized carbons (Fsp3) is 0.333. The molecule has 3 rings (SSSR count). The van der Waals surface area contributed by atoms with Crippen LogP contribution in [0, 0.1) is 0 Å². The van der Waals surface area contributed by atoms with Crippen LogP contribution in [0.4, 0.5) is 0 Å². The standard InChI is InChI=1S/C18H19BrClNO2/c1-22-17-4-2-13(3-5-17)11-21-6-7-23-12-18(21)14-8-15(19)10-16(20)9-14/h2-5,8-10,18H,6-7,11-12H2,1H3/t18-/m0/s1. The highest BCUT2D eigenvalue weighted by Crippen LogP contribution is 2.30. The van der Waals surface area contributed by atoms with Crippen molar-refractivity contribution in [3.05, 3.63) is 63.1 Å². The highest BCUT2D eigenvalue weighted by atomic mass is 79.9. The zero-order valence-corrected chi connectivity index (χ0v) is 15.3. The Morgan fingerprint density at radius 1 is 1.26 bits per heavy atom. The van der Waals surface area contributed by atoms with Crippen molar-refractivity contribution in [2.24, 2.45) is 0 Å². The smallest absolute Gasteiger partial charge is 0.118 e. The minimum Gasteiger partial charge on any atom is -0.497 e. The van der Waals surface area contributed by atoms with Gasteiger partial charge in [-0.25, -0.2) is 0 Å². The monoisotopic (exact) mass is 395 g/mol. The summed E-state index contributed by atoms with van der Waals surface area (Å²) in [5.74, 6) is 0.881. The molecule has 1 aliphatic heterocycles. The lowest BCUT2D eigenvalue weighted by Gasteiger charge is -2.36.